The molecule has 0 aromatic carbocycles. The lowest BCUT2D eigenvalue weighted by Crippen LogP contribution is -2.65. The Kier molecular flexibility index (Phi) is 9.65. The lowest BCUT2D eigenvalue weighted by atomic mass is 9.88. The molecule has 0 aromatic heterocycles. The smallest absolute Gasteiger partial charge is 0.217 e. The molecule has 186 valence electrons. The van der Waals surface area contributed by atoms with E-state index >= 15 is 0 Å². The highest BCUT2D eigenvalue weighted by Crippen LogP contribution is 2.46. The van der Waals surface area contributed by atoms with Gasteiger partial charge in [0.2, 0.25) is 5.91 Å². The predicted molar refractivity (Wildman–Crippen MR) is 110 cm³/mol. The Morgan fingerprint density at radius 2 is 1.50 bits per heavy atom. The molecular weight excluding hydrogens is 426 g/mol. The van der Waals surface area contributed by atoms with Gasteiger partial charge >= 0.3 is 0 Å². The Morgan fingerprint density at radius 3 is 2.09 bits per heavy atom. The van der Waals surface area contributed by atoms with Gasteiger partial charge in [0.15, 0.2) is 12.1 Å². The van der Waals surface area contributed by atoms with Crippen LogP contribution >= 0.6 is 0 Å². The van der Waals surface area contributed by atoms with Gasteiger partial charge in [0.1, 0.15) is 23.9 Å². The summed E-state index contributed by atoms with van der Waals surface area (Å²) in [5.41, 5.74) is -0.788. The number of hydrogen-bond acceptors (Lipinski definition) is 10. The van der Waals surface area contributed by atoms with Gasteiger partial charge in [-0.2, -0.15) is 0 Å². The first-order valence-corrected chi connectivity index (χ1v) is 11.1. The second-order valence-corrected chi connectivity index (χ2v) is 8.49. The van der Waals surface area contributed by atoms with Crippen molar-refractivity contribution in [2.75, 3.05) is 73.2 Å². The van der Waals surface area contributed by atoms with Gasteiger partial charge in [-0.1, -0.05) is 0 Å². The lowest BCUT2D eigenvalue weighted by molar-refractivity contribution is -0.214. The summed E-state index contributed by atoms with van der Waals surface area (Å²) in [6, 6.07) is -0.441. The maximum absolute atomic E-state index is 11.6. The molecule has 11 heteroatoms. The van der Waals surface area contributed by atoms with Gasteiger partial charge in [-0.3, -0.25) is 4.79 Å². The van der Waals surface area contributed by atoms with Crippen LogP contribution in [-0.4, -0.2) is 115 Å². The molecule has 11 nitrogen and oxygen atoms in total. The molecule has 2 bridgehead atoms. The van der Waals surface area contributed by atoms with Crippen molar-refractivity contribution in [1.82, 2.24) is 5.32 Å². The zero-order chi connectivity index (χ0) is 23.0. The highest BCUT2D eigenvalue weighted by atomic mass is 16.8. The summed E-state index contributed by atoms with van der Waals surface area (Å²) >= 11 is 0. The van der Waals surface area contributed by atoms with Gasteiger partial charge in [-0.25, -0.2) is 0 Å². The molecule has 32 heavy (non-hydrogen) atoms. The van der Waals surface area contributed by atoms with E-state index in [4.69, 9.17) is 42.6 Å². The SMILES string of the molecule is COCCOCCOCCOCCOC[C@]12CO[C@@H](O1)[C@H](NC(C)=O)[C@H]1OC(C)(C)O[C@H]12. The van der Waals surface area contributed by atoms with Crippen LogP contribution < -0.4 is 5.32 Å². The van der Waals surface area contributed by atoms with Crippen LogP contribution in [0.15, 0.2) is 0 Å². The van der Waals surface area contributed by atoms with Crippen molar-refractivity contribution in [2.45, 2.75) is 56.7 Å². The highest BCUT2D eigenvalue weighted by Gasteiger charge is 2.66. The maximum atomic E-state index is 11.6. The number of rotatable bonds is 15. The molecule has 3 fully saturated rings. The van der Waals surface area contributed by atoms with Gasteiger partial charge in [0.05, 0.1) is 66.1 Å². The summed E-state index contributed by atoms with van der Waals surface area (Å²) < 4.78 is 51.2. The summed E-state index contributed by atoms with van der Waals surface area (Å²) in [5.74, 6) is -0.963. The normalized spacial score (nSPS) is 32.8. The van der Waals surface area contributed by atoms with Crippen LogP contribution in [0.4, 0.5) is 0 Å². The van der Waals surface area contributed by atoms with Gasteiger partial charge < -0.3 is 47.9 Å². The summed E-state index contributed by atoms with van der Waals surface area (Å²) in [4.78, 5) is 11.6. The van der Waals surface area contributed by atoms with Gasteiger partial charge in [-0.05, 0) is 13.8 Å². The fourth-order valence-electron chi connectivity index (χ4n) is 4.05. The summed E-state index contributed by atoms with van der Waals surface area (Å²) in [5, 5.41) is 2.87. The Hall–Kier alpha value is -0.890. The van der Waals surface area contributed by atoms with Crippen LogP contribution in [0.1, 0.15) is 20.8 Å². The van der Waals surface area contributed by atoms with Crippen LogP contribution in [0.25, 0.3) is 0 Å². The number of carbonyl (C=O) groups is 1. The standard InChI is InChI=1S/C21H37NO10/c1-15(23)22-16-17-18(31-20(2,3)30-17)21(14-29-19(16)32-21)13-28-12-11-27-10-9-26-8-7-25-6-5-24-4/h16-19H,5-14H2,1-4H3,(H,22,23)/t16-,17-,18-,19+,21-/m1/s1. The van der Waals surface area contributed by atoms with Crippen molar-refractivity contribution in [3.63, 3.8) is 0 Å². The topological polar surface area (TPSA) is 112 Å². The highest BCUT2D eigenvalue weighted by molar-refractivity contribution is 5.73. The third-order valence-corrected chi connectivity index (χ3v) is 5.40. The maximum Gasteiger partial charge on any atom is 0.217 e. The van der Waals surface area contributed by atoms with Crippen LogP contribution in [0.2, 0.25) is 0 Å². The molecule has 3 rings (SSSR count). The zero-order valence-electron chi connectivity index (χ0n) is 19.5. The Balaban J connectivity index is 1.34. The van der Waals surface area contributed by atoms with Gasteiger partial charge in [0.25, 0.3) is 0 Å². The second kappa shape index (κ2) is 12.0. The van der Waals surface area contributed by atoms with Crippen molar-refractivity contribution in [3.05, 3.63) is 0 Å². The predicted octanol–water partition coefficient (Wildman–Crippen LogP) is -0.151. The van der Waals surface area contributed by atoms with E-state index in [0.29, 0.717) is 59.5 Å². The van der Waals surface area contributed by atoms with E-state index in [0.717, 1.165) is 0 Å². The number of amides is 1. The Bertz CT molecular complexity index is 591. The third-order valence-electron chi connectivity index (χ3n) is 5.40. The minimum atomic E-state index is -0.788. The van der Waals surface area contributed by atoms with E-state index < -0.39 is 29.8 Å². The summed E-state index contributed by atoms with van der Waals surface area (Å²) in [6.45, 7) is 9.71. The van der Waals surface area contributed by atoms with Crippen molar-refractivity contribution in [1.29, 1.82) is 0 Å². The molecule has 3 heterocycles. The van der Waals surface area contributed by atoms with Crippen molar-refractivity contribution < 1.29 is 47.4 Å². The largest absolute Gasteiger partial charge is 0.382 e. The third kappa shape index (κ3) is 6.81. The first kappa shape index (κ1) is 25.7. The Morgan fingerprint density at radius 1 is 0.906 bits per heavy atom. The second-order valence-electron chi connectivity index (χ2n) is 8.49. The molecule has 0 radical (unpaired) electrons. The number of methoxy groups -OCH3 is 1. The number of carbonyl (C=O) groups excluding carboxylic acids is 1. The molecule has 0 unspecified atom stereocenters. The van der Waals surface area contributed by atoms with E-state index in [2.05, 4.69) is 5.32 Å². The van der Waals surface area contributed by atoms with Crippen LogP contribution in [0.5, 0.6) is 0 Å². The van der Waals surface area contributed by atoms with Crippen LogP contribution in [0, 0.1) is 0 Å². The van der Waals surface area contributed by atoms with E-state index in [1.54, 1.807) is 7.11 Å². The molecule has 5 atom stereocenters. The van der Waals surface area contributed by atoms with Crippen LogP contribution in [0.3, 0.4) is 0 Å². The molecule has 0 spiro atoms. The summed E-state index contributed by atoms with van der Waals surface area (Å²) in [6.07, 6.45) is -1.41. The molecule has 3 aliphatic heterocycles. The van der Waals surface area contributed by atoms with Gasteiger partial charge in [-0.15, -0.1) is 0 Å². The number of ether oxygens (including phenoxy) is 9. The first-order valence-electron chi connectivity index (χ1n) is 11.1. The molecule has 1 N–H and O–H groups in total. The van der Waals surface area contributed by atoms with E-state index in [1.165, 1.54) is 6.92 Å². The molecule has 1 amide bonds. The van der Waals surface area contributed by atoms with E-state index in [1.807, 2.05) is 13.8 Å². The average Bonchev–Trinajstić information content (AvgIpc) is 3.29. The zero-order valence-corrected chi connectivity index (χ0v) is 19.5. The van der Waals surface area contributed by atoms with Crippen molar-refractivity contribution in [2.24, 2.45) is 0 Å². The molecule has 0 aliphatic carbocycles. The first-order chi connectivity index (χ1) is 15.4. The van der Waals surface area contributed by atoms with E-state index in [-0.39, 0.29) is 18.6 Å². The van der Waals surface area contributed by atoms with Crippen molar-refractivity contribution in [3.8, 4) is 0 Å². The molecule has 3 saturated heterocycles. The number of fused-ring (bicyclic) bond motifs is 4. The number of nitrogens with one attached hydrogen (secondary N) is 1. The molecule has 0 aromatic rings. The molecule has 0 saturated carbocycles. The quantitative estimate of drug-likeness (QED) is 0.329. The lowest BCUT2D eigenvalue weighted by Gasteiger charge is -2.42. The Labute approximate surface area is 189 Å². The van der Waals surface area contributed by atoms with Crippen molar-refractivity contribution >= 4 is 5.91 Å². The van der Waals surface area contributed by atoms with Crippen LogP contribution in [-0.2, 0) is 47.4 Å². The molecule has 3 aliphatic rings. The monoisotopic (exact) mass is 463 g/mol. The fourth-order valence-corrected chi connectivity index (χ4v) is 4.05. The minimum absolute atomic E-state index is 0.176. The average molecular weight is 464 g/mol. The fraction of sp³-hybridized carbons (Fsp3) is 0.952. The van der Waals surface area contributed by atoms with E-state index in [9.17, 15) is 4.79 Å². The number of hydrogen-bond donors (Lipinski definition) is 1. The molecular formula is C21H37NO10. The minimum Gasteiger partial charge on any atom is -0.382 e. The van der Waals surface area contributed by atoms with Gasteiger partial charge in [0, 0.05) is 14.0 Å². The summed E-state index contributed by atoms with van der Waals surface area (Å²) in [7, 11) is 1.64.